The van der Waals surface area contributed by atoms with E-state index in [1.807, 2.05) is 11.5 Å². The van der Waals surface area contributed by atoms with Crippen LogP contribution in [0.25, 0.3) is 0 Å². The van der Waals surface area contributed by atoms with Crippen LogP contribution in [0, 0.1) is 178 Å². The number of alkyl halides is 5. The molecule has 16 fully saturated rings. The molecule has 0 bridgehead atoms. The minimum Gasteiger partial charge on any atom is -0.387 e. The Hall–Kier alpha value is -5.34. The maximum Gasteiger partial charge on any atom is 0.266 e. The Bertz CT molecular complexity index is 4210. The van der Waals surface area contributed by atoms with Gasteiger partial charge in [-0.15, -0.1) is 30.6 Å². The number of Topliss-reactive ketones (excluding diaryl/α,β-unsaturated/α-hetero) is 4. The van der Waals surface area contributed by atoms with Gasteiger partial charge >= 0.3 is 0 Å². The number of hydrogen-bond donors (Lipinski definition) is 4. The molecule has 4 N–H and O–H groups in total. The van der Waals surface area contributed by atoms with Gasteiger partial charge in [0.05, 0.1) is 35.7 Å². The second-order valence-electron chi connectivity index (χ2n) is 43.8. The van der Waals surface area contributed by atoms with E-state index in [2.05, 4.69) is 73.9 Å². The van der Waals surface area contributed by atoms with Crippen molar-refractivity contribution in [1.29, 1.82) is 0 Å². The Morgan fingerprint density at radius 2 is 0.723 bits per heavy atom. The summed E-state index contributed by atoms with van der Waals surface area (Å²) in [6.07, 6.45) is 40.3. The average Bonchev–Trinajstić information content (AvgIpc) is 1.72. The van der Waals surface area contributed by atoms with Crippen LogP contribution in [-0.4, -0.2) is 157 Å². The van der Waals surface area contributed by atoms with Crippen molar-refractivity contribution in [2.45, 2.75) is 328 Å². The van der Waals surface area contributed by atoms with Crippen molar-refractivity contribution in [3.63, 3.8) is 0 Å². The third-order valence-electron chi connectivity index (χ3n) is 38.6. The van der Waals surface area contributed by atoms with E-state index in [9.17, 15) is 61.6 Å². The molecule has 4 aromatic heterocycles. The van der Waals surface area contributed by atoms with Crippen LogP contribution in [0.5, 0.6) is 0 Å². The van der Waals surface area contributed by atoms with Gasteiger partial charge in [0.15, 0.2) is 29.0 Å². The van der Waals surface area contributed by atoms with Gasteiger partial charge in [0, 0.05) is 36.1 Å². The maximum absolute atomic E-state index is 13.4. The molecule has 0 amide bonds. The number of fused-ring (bicyclic) bond motifs is 20. The molecule has 119 heavy (non-hydrogen) atoms. The molecule has 0 spiro atoms. The molecule has 658 valence electrons. The summed E-state index contributed by atoms with van der Waals surface area (Å²) in [7, 11) is 0. The molecule has 21 nitrogen and oxygen atoms in total. The number of tetrazole rings is 1. The van der Waals surface area contributed by atoms with Crippen LogP contribution in [0.1, 0.15) is 270 Å². The SMILES string of the molecule is C[C@]12CC[C@H]3[C@@H](CC[C@@H]4C[C@@](O)(C(F)F)CC[C@@H]43)[C@@H]1CC[C@@H]2C(=O)Cn1ccnn1.C[C@]12CC[C@H]3[C@@H](CC[C@@H]4C[C@@](O)(CF)CC[C@@H]43)[C@@H]1CC[C@@H]2C(=O)Cn1ccnn1.Cc1nncn1CC(=O)[C@H]1CC[C@H]2[C@@H]3CC[C@@H]4C[C@@](O)(CF)CC[C@@H]4[C@H]3CC[C@]12C.Cc1nnn(CC(=O)[C@H]2CC[C@H]3[C@@H]4CC[C@@H]5C[C@@](O)(CF)CC[C@@H]5[C@H]4CC[C@]23C)n1. The summed E-state index contributed by atoms with van der Waals surface area (Å²) in [5.41, 5.74) is -4.63. The Morgan fingerprint density at radius 3 is 1.03 bits per heavy atom. The van der Waals surface area contributed by atoms with Crippen LogP contribution in [0.4, 0.5) is 22.0 Å². The molecule has 16 aliphatic carbocycles. The lowest BCUT2D eigenvalue weighted by atomic mass is 9.49. The monoisotopic (exact) mass is 1660 g/mol. The highest BCUT2D eigenvalue weighted by Crippen LogP contribution is 2.70. The van der Waals surface area contributed by atoms with Crippen LogP contribution < -0.4 is 0 Å². The lowest BCUT2D eigenvalue weighted by Gasteiger charge is -2.57. The fraction of sp³-hybridized carbons (Fsp3) is 0.882. The van der Waals surface area contributed by atoms with Crippen molar-refractivity contribution in [2.24, 2.45) is 164 Å². The lowest BCUT2D eigenvalue weighted by molar-refractivity contribution is -0.160. The first-order valence-corrected chi connectivity index (χ1v) is 47.2. The third-order valence-corrected chi connectivity index (χ3v) is 38.6. The van der Waals surface area contributed by atoms with E-state index in [0.717, 1.165) is 141 Å². The van der Waals surface area contributed by atoms with E-state index in [1.165, 1.54) is 49.7 Å². The Kier molecular flexibility index (Phi) is 24.2. The van der Waals surface area contributed by atoms with Gasteiger partial charge in [-0.05, 0) is 390 Å². The fourth-order valence-corrected chi connectivity index (χ4v) is 33.0. The predicted octanol–water partition coefficient (Wildman–Crippen LogP) is 15.6. The van der Waals surface area contributed by atoms with Crippen molar-refractivity contribution in [3.05, 3.63) is 42.8 Å². The quantitative estimate of drug-likeness (QED) is 0.0758. The average molecular weight is 1660 g/mol. The largest absolute Gasteiger partial charge is 0.387 e. The summed E-state index contributed by atoms with van der Waals surface area (Å²) in [5, 5.41) is 77.5. The van der Waals surface area contributed by atoms with Crippen molar-refractivity contribution in [3.8, 4) is 0 Å². The van der Waals surface area contributed by atoms with E-state index in [0.29, 0.717) is 188 Å². The van der Waals surface area contributed by atoms with Crippen molar-refractivity contribution < 1.29 is 61.6 Å². The van der Waals surface area contributed by atoms with Crippen LogP contribution in [0.15, 0.2) is 31.1 Å². The Labute approximate surface area is 700 Å². The number of carbonyl (C=O) groups is 4. The Morgan fingerprint density at radius 1 is 0.387 bits per heavy atom. The standard InChI is InChI=1S/C24H36FN3O2.C23H33F2N3O2.C23H35FN4O2.C23H34FN3O2/c1-15-27-26-14-28(15)12-22(29)21-6-5-20-19-4-3-16-11-24(30,13-25)10-8-17(16)18(19)7-9-23(20,21)2;1-22-8-6-16-15-7-9-23(30,21(24)25)12-14(15)2-3-17(16)18(22)4-5-19(22)20(29)13-28-11-10-26-27-28;1-14-25-27-28(26-14)12-21(29)20-6-5-19-18-4-3-15-11-23(30,13-24)10-8-16(15)17(18)7-9-22(19,20)2;1-22-8-6-17-16-7-9-23(29,14-24)12-15(16)2-3-18(17)19(22)4-5-20(22)21(28)13-27-11-10-25-26-27/h14,16-21,30H,3-13H2,1-2H3;10-11,14-19,21,30H,2-9,12-13H2,1H3;15-20,30H,3-13H2,1-2H3;10-11,15-20,29H,2-9,12-14H2,1H3/t16-,17+,18-,19-,20+,21-,23+,24-;14-,15+,16-,17-,18+,19-,22+,23-;2*15-,16+,17-,18-,19+,20-,22+,23-/m1111/s1. The molecular weight excluding hydrogens is 1520 g/mol. The normalized spacial score (nSPS) is 45.8. The number of hydrogen-bond acceptors (Lipinski definition) is 17. The second-order valence-corrected chi connectivity index (χ2v) is 43.8. The van der Waals surface area contributed by atoms with Gasteiger partial charge < -0.3 is 25.0 Å². The molecule has 4 heterocycles. The second kappa shape index (κ2) is 33.5. The number of aryl methyl sites for hydroxylation is 2. The summed E-state index contributed by atoms with van der Waals surface area (Å²) in [6.45, 7) is 12.6. The zero-order chi connectivity index (χ0) is 83.5. The van der Waals surface area contributed by atoms with Gasteiger partial charge in [-0.25, -0.2) is 31.3 Å². The number of ketones is 4. The molecule has 26 heteroatoms. The third kappa shape index (κ3) is 15.9. The number of carbonyl (C=O) groups excluding carboxylic acids is 4. The zero-order valence-electron chi connectivity index (χ0n) is 71.9. The lowest BCUT2D eigenvalue weighted by Crippen LogP contribution is -2.53. The Balaban J connectivity index is 0.000000113. The van der Waals surface area contributed by atoms with Crippen molar-refractivity contribution in [2.75, 3.05) is 20.0 Å². The smallest absolute Gasteiger partial charge is 0.266 e. The van der Waals surface area contributed by atoms with E-state index in [-0.39, 0.29) is 82.2 Å². The molecule has 0 aromatic carbocycles. The van der Waals surface area contributed by atoms with E-state index < -0.39 is 48.9 Å². The highest BCUT2D eigenvalue weighted by Gasteiger charge is 2.65. The summed E-state index contributed by atoms with van der Waals surface area (Å²) in [5.74, 6) is 15.0. The maximum atomic E-state index is 13.4. The molecule has 0 radical (unpaired) electrons. The van der Waals surface area contributed by atoms with Gasteiger partial charge in [0.25, 0.3) is 6.43 Å². The highest BCUT2D eigenvalue weighted by molar-refractivity contribution is 5.83. The van der Waals surface area contributed by atoms with E-state index >= 15 is 0 Å². The molecule has 32 atom stereocenters. The number of halogens is 5. The van der Waals surface area contributed by atoms with Gasteiger partial charge in [-0.1, -0.05) is 38.1 Å². The van der Waals surface area contributed by atoms with Crippen LogP contribution >= 0.6 is 0 Å². The molecule has 16 aliphatic rings. The number of aromatic nitrogens is 13. The summed E-state index contributed by atoms with van der Waals surface area (Å²) >= 11 is 0. The van der Waals surface area contributed by atoms with Gasteiger partial charge in [0.2, 0.25) is 0 Å². The number of rotatable bonds is 16. The van der Waals surface area contributed by atoms with Crippen LogP contribution in [0.2, 0.25) is 0 Å². The first kappa shape index (κ1) is 85.8. The summed E-state index contributed by atoms with van der Waals surface area (Å²) < 4.78 is 72.0. The van der Waals surface area contributed by atoms with Gasteiger partial charge in [-0.3, -0.25) is 19.2 Å². The number of nitrogens with zero attached hydrogens (tertiary/aromatic N) is 13. The number of aliphatic hydroxyl groups is 4. The topological polar surface area (TPSA) is 285 Å². The zero-order valence-corrected chi connectivity index (χ0v) is 71.9. The molecular formula is C93H138F5N13O8. The first-order valence-electron chi connectivity index (χ1n) is 47.2. The van der Waals surface area contributed by atoms with Crippen LogP contribution in [-0.2, 0) is 45.4 Å². The predicted molar refractivity (Wildman–Crippen MR) is 434 cm³/mol. The molecule has 16 saturated carbocycles. The van der Waals surface area contributed by atoms with Crippen molar-refractivity contribution in [1.82, 2.24) is 65.0 Å². The fourth-order valence-electron chi connectivity index (χ4n) is 33.0. The van der Waals surface area contributed by atoms with Gasteiger partial charge in [0.1, 0.15) is 57.4 Å². The van der Waals surface area contributed by atoms with Crippen molar-refractivity contribution >= 4 is 23.1 Å². The molecule has 4 aromatic rings. The van der Waals surface area contributed by atoms with E-state index in [4.69, 9.17) is 0 Å². The summed E-state index contributed by atoms with van der Waals surface area (Å²) in [6, 6.07) is 0. The minimum atomic E-state index is -2.64. The molecule has 0 unspecified atom stereocenters. The highest BCUT2D eigenvalue weighted by atomic mass is 19.3. The molecule has 20 rings (SSSR count). The van der Waals surface area contributed by atoms with E-state index in [1.54, 1.807) is 47.4 Å². The summed E-state index contributed by atoms with van der Waals surface area (Å²) in [4.78, 5) is 54.1. The minimum absolute atomic E-state index is 0.0457. The molecule has 0 aliphatic heterocycles. The van der Waals surface area contributed by atoms with Gasteiger partial charge in [-0.2, -0.15) is 4.80 Å². The van der Waals surface area contributed by atoms with Crippen LogP contribution in [0.3, 0.4) is 0 Å². The molecule has 0 saturated heterocycles. The first-order chi connectivity index (χ1) is 56.9.